The Morgan fingerprint density at radius 3 is 2.88 bits per heavy atom. The molecule has 17 heavy (non-hydrogen) atoms. The third-order valence-corrected chi connectivity index (χ3v) is 3.68. The Labute approximate surface area is 112 Å². The lowest BCUT2D eigenvalue weighted by Crippen LogP contribution is -2.41. The van der Waals surface area contributed by atoms with Crippen LogP contribution in [0, 0.1) is 0 Å². The largest absolute Gasteiger partial charge is 0.353 e. The van der Waals surface area contributed by atoms with Gasteiger partial charge >= 0.3 is 0 Å². The molecule has 1 aromatic rings. The third kappa shape index (κ3) is 3.42. The Kier molecular flexibility index (Phi) is 4.40. The summed E-state index contributed by atoms with van der Waals surface area (Å²) >= 11 is 3.43. The summed E-state index contributed by atoms with van der Waals surface area (Å²) < 4.78 is 1.03. The number of hydrogen-bond donors (Lipinski definition) is 1. The van der Waals surface area contributed by atoms with Crippen molar-refractivity contribution in [3.8, 4) is 0 Å². The second-order valence-corrected chi connectivity index (χ2v) is 5.79. The highest BCUT2D eigenvalue weighted by atomic mass is 79.9. The summed E-state index contributed by atoms with van der Waals surface area (Å²) in [4.78, 5) is 6.86. The molecule has 0 radical (unpaired) electrons. The third-order valence-electron chi connectivity index (χ3n) is 3.21. The fourth-order valence-corrected chi connectivity index (χ4v) is 2.49. The lowest BCUT2D eigenvalue weighted by atomic mass is 10.2. The van der Waals surface area contributed by atoms with Gasteiger partial charge in [0.2, 0.25) is 0 Å². The lowest BCUT2D eigenvalue weighted by molar-refractivity contribution is 0.549. The van der Waals surface area contributed by atoms with Gasteiger partial charge in [-0.3, -0.25) is 0 Å². The van der Waals surface area contributed by atoms with Gasteiger partial charge in [-0.15, -0.1) is 0 Å². The van der Waals surface area contributed by atoms with Gasteiger partial charge in [-0.25, -0.2) is 4.98 Å². The molecule has 0 bridgehead atoms. The van der Waals surface area contributed by atoms with Crippen molar-refractivity contribution in [2.75, 3.05) is 18.0 Å². The number of nitrogens with one attached hydrogen (secondary N) is 1. The van der Waals surface area contributed by atoms with Gasteiger partial charge in [-0.1, -0.05) is 0 Å². The van der Waals surface area contributed by atoms with E-state index in [4.69, 9.17) is 0 Å². The molecule has 1 unspecified atom stereocenters. The number of hydrogen-bond acceptors (Lipinski definition) is 3. The Morgan fingerprint density at radius 1 is 1.53 bits per heavy atom. The molecule has 0 spiro atoms. The zero-order valence-corrected chi connectivity index (χ0v) is 12.1. The molecule has 4 heteroatoms. The zero-order chi connectivity index (χ0) is 12.3. The summed E-state index contributed by atoms with van der Waals surface area (Å²) in [5.74, 6) is 1.07. The summed E-state index contributed by atoms with van der Waals surface area (Å²) in [6.45, 7) is 6.65. The van der Waals surface area contributed by atoms with Gasteiger partial charge in [0.1, 0.15) is 5.82 Å². The van der Waals surface area contributed by atoms with Crippen molar-refractivity contribution in [3.63, 3.8) is 0 Å². The number of halogens is 1. The molecule has 1 aliphatic rings. The number of pyridine rings is 1. The van der Waals surface area contributed by atoms with Gasteiger partial charge < -0.3 is 10.2 Å². The first-order valence-electron chi connectivity index (χ1n) is 6.28. The van der Waals surface area contributed by atoms with Crippen LogP contribution in [0.1, 0.15) is 26.7 Å². The summed E-state index contributed by atoms with van der Waals surface area (Å²) in [6.07, 6.45) is 4.44. The van der Waals surface area contributed by atoms with Gasteiger partial charge in [0.25, 0.3) is 0 Å². The highest BCUT2D eigenvalue weighted by molar-refractivity contribution is 9.10. The van der Waals surface area contributed by atoms with Crippen molar-refractivity contribution in [2.45, 2.75) is 38.8 Å². The molecule has 1 atom stereocenters. The zero-order valence-electron chi connectivity index (χ0n) is 10.5. The van der Waals surface area contributed by atoms with Crippen molar-refractivity contribution in [1.29, 1.82) is 0 Å². The van der Waals surface area contributed by atoms with Crippen LogP contribution in [0.3, 0.4) is 0 Å². The second kappa shape index (κ2) is 5.83. The average molecular weight is 298 g/mol. The topological polar surface area (TPSA) is 28.2 Å². The van der Waals surface area contributed by atoms with E-state index >= 15 is 0 Å². The maximum Gasteiger partial charge on any atom is 0.128 e. The summed E-state index contributed by atoms with van der Waals surface area (Å²) in [7, 11) is 0. The van der Waals surface area contributed by atoms with E-state index in [-0.39, 0.29) is 0 Å². The average Bonchev–Trinajstić information content (AvgIpc) is 2.80. The molecule has 1 aliphatic heterocycles. The monoisotopic (exact) mass is 297 g/mol. The van der Waals surface area contributed by atoms with E-state index in [1.807, 2.05) is 6.20 Å². The van der Waals surface area contributed by atoms with Crippen LogP contribution in [0.25, 0.3) is 0 Å². The minimum atomic E-state index is 0.478. The van der Waals surface area contributed by atoms with Gasteiger partial charge in [-0.2, -0.15) is 0 Å². The molecule has 1 aromatic heterocycles. The second-order valence-electron chi connectivity index (χ2n) is 4.87. The fourth-order valence-electron chi connectivity index (χ4n) is 2.26. The van der Waals surface area contributed by atoms with Crippen molar-refractivity contribution < 1.29 is 0 Å². The molecular formula is C13H20BrN3. The normalized spacial score (nSPS) is 19.9. The van der Waals surface area contributed by atoms with E-state index in [1.54, 1.807) is 0 Å². The quantitative estimate of drug-likeness (QED) is 0.926. The lowest BCUT2D eigenvalue weighted by Gasteiger charge is -2.30. The predicted octanol–water partition coefficient (Wildman–Crippen LogP) is 2.81. The van der Waals surface area contributed by atoms with Crippen LogP contribution in [-0.4, -0.2) is 30.2 Å². The molecule has 0 aliphatic carbocycles. The van der Waals surface area contributed by atoms with E-state index in [1.165, 1.54) is 12.8 Å². The van der Waals surface area contributed by atoms with Gasteiger partial charge in [-0.05, 0) is 61.3 Å². The van der Waals surface area contributed by atoms with E-state index in [0.29, 0.717) is 12.1 Å². The number of anilines is 1. The van der Waals surface area contributed by atoms with Crippen LogP contribution >= 0.6 is 15.9 Å². The molecule has 1 saturated heterocycles. The molecule has 2 heterocycles. The summed E-state index contributed by atoms with van der Waals surface area (Å²) in [5.41, 5.74) is 0. The minimum Gasteiger partial charge on any atom is -0.353 e. The standard InChI is InChI=1S/C13H20BrN3/c1-10(2)17(9-12-4-3-7-15-12)13-6-5-11(14)8-16-13/h5-6,8,10,12,15H,3-4,7,9H2,1-2H3. The first-order valence-corrected chi connectivity index (χ1v) is 7.07. The molecule has 3 nitrogen and oxygen atoms in total. The van der Waals surface area contributed by atoms with E-state index in [9.17, 15) is 0 Å². The van der Waals surface area contributed by atoms with Crippen LogP contribution in [0.5, 0.6) is 0 Å². The molecule has 1 fully saturated rings. The SMILES string of the molecule is CC(C)N(CC1CCCN1)c1ccc(Br)cn1. The first kappa shape index (κ1) is 12.8. The Balaban J connectivity index is 2.08. The van der Waals surface area contributed by atoms with Crippen molar-refractivity contribution in [2.24, 2.45) is 0 Å². The van der Waals surface area contributed by atoms with Crippen molar-refractivity contribution in [3.05, 3.63) is 22.8 Å². The maximum atomic E-state index is 4.49. The Morgan fingerprint density at radius 2 is 2.35 bits per heavy atom. The van der Waals surface area contributed by atoms with E-state index < -0.39 is 0 Å². The number of aromatic nitrogens is 1. The van der Waals surface area contributed by atoms with Crippen LogP contribution < -0.4 is 10.2 Å². The first-order chi connectivity index (χ1) is 8.16. The van der Waals surface area contributed by atoms with E-state index in [2.05, 4.69) is 57.1 Å². The van der Waals surface area contributed by atoms with Crippen LogP contribution in [0.2, 0.25) is 0 Å². The molecule has 0 amide bonds. The van der Waals surface area contributed by atoms with Crippen LogP contribution in [-0.2, 0) is 0 Å². The minimum absolute atomic E-state index is 0.478. The molecule has 0 aromatic carbocycles. The van der Waals surface area contributed by atoms with E-state index in [0.717, 1.165) is 23.4 Å². The number of nitrogens with zero attached hydrogens (tertiary/aromatic N) is 2. The molecule has 2 rings (SSSR count). The predicted molar refractivity (Wildman–Crippen MR) is 75.4 cm³/mol. The highest BCUT2D eigenvalue weighted by Gasteiger charge is 2.20. The summed E-state index contributed by atoms with van der Waals surface area (Å²) in [6, 6.07) is 5.23. The molecule has 0 saturated carbocycles. The maximum absolute atomic E-state index is 4.49. The Bertz CT molecular complexity index is 344. The van der Waals surface area contributed by atoms with Gasteiger partial charge in [0.15, 0.2) is 0 Å². The van der Waals surface area contributed by atoms with Gasteiger partial charge in [0.05, 0.1) is 0 Å². The van der Waals surface area contributed by atoms with Crippen LogP contribution in [0.4, 0.5) is 5.82 Å². The molecule has 94 valence electrons. The van der Waals surface area contributed by atoms with Crippen LogP contribution in [0.15, 0.2) is 22.8 Å². The van der Waals surface area contributed by atoms with Gasteiger partial charge in [0, 0.05) is 29.3 Å². The smallest absolute Gasteiger partial charge is 0.128 e. The molecular weight excluding hydrogens is 278 g/mol. The fraction of sp³-hybridized carbons (Fsp3) is 0.615. The highest BCUT2D eigenvalue weighted by Crippen LogP contribution is 2.19. The van der Waals surface area contributed by atoms with Crippen molar-refractivity contribution in [1.82, 2.24) is 10.3 Å². The molecule has 1 N–H and O–H groups in total. The summed E-state index contributed by atoms with van der Waals surface area (Å²) in [5, 5.41) is 3.54. The Hall–Kier alpha value is -0.610. The van der Waals surface area contributed by atoms with Crippen molar-refractivity contribution >= 4 is 21.7 Å². The number of rotatable bonds is 4.